The van der Waals surface area contributed by atoms with E-state index in [0.717, 1.165) is 38.8 Å². The van der Waals surface area contributed by atoms with Gasteiger partial charge in [0.1, 0.15) is 0 Å². The SMILES string of the molecule is Cc1ccc(C(CNC2CC2)OCC2CCOC2)cc1. The Hall–Kier alpha value is -0.900. The molecule has 1 saturated carbocycles. The van der Waals surface area contributed by atoms with Crippen LogP contribution >= 0.6 is 0 Å². The molecule has 1 aromatic rings. The lowest BCUT2D eigenvalue weighted by Gasteiger charge is -2.21. The predicted octanol–water partition coefficient (Wildman–Crippen LogP) is 2.84. The Morgan fingerprint density at radius 3 is 2.70 bits per heavy atom. The maximum Gasteiger partial charge on any atom is 0.0949 e. The standard InChI is InChI=1S/C17H25NO2/c1-13-2-4-15(5-3-13)17(10-18-16-6-7-16)20-12-14-8-9-19-11-14/h2-5,14,16-18H,6-12H2,1H3. The number of aryl methyl sites for hydroxylation is 1. The predicted molar refractivity (Wildman–Crippen MR) is 79.8 cm³/mol. The minimum atomic E-state index is 0.164. The van der Waals surface area contributed by atoms with Crippen LogP contribution in [0.25, 0.3) is 0 Å². The first-order valence-corrected chi connectivity index (χ1v) is 7.80. The van der Waals surface area contributed by atoms with Gasteiger partial charge in [-0.2, -0.15) is 0 Å². The van der Waals surface area contributed by atoms with Crippen molar-refractivity contribution in [2.75, 3.05) is 26.4 Å². The van der Waals surface area contributed by atoms with Crippen molar-refractivity contribution in [2.24, 2.45) is 5.92 Å². The molecule has 2 aliphatic rings. The van der Waals surface area contributed by atoms with Crippen LogP contribution in [0.15, 0.2) is 24.3 Å². The van der Waals surface area contributed by atoms with Crippen molar-refractivity contribution in [3.63, 3.8) is 0 Å². The molecular weight excluding hydrogens is 250 g/mol. The number of nitrogens with one attached hydrogen (secondary N) is 1. The molecule has 1 aliphatic heterocycles. The maximum absolute atomic E-state index is 6.19. The van der Waals surface area contributed by atoms with Crippen LogP contribution in [0.5, 0.6) is 0 Å². The highest BCUT2D eigenvalue weighted by Gasteiger charge is 2.24. The first-order chi connectivity index (χ1) is 9.81. The van der Waals surface area contributed by atoms with Gasteiger partial charge in [0, 0.05) is 25.1 Å². The molecule has 0 spiro atoms. The molecule has 1 aromatic carbocycles. The van der Waals surface area contributed by atoms with Gasteiger partial charge in [-0.1, -0.05) is 29.8 Å². The third kappa shape index (κ3) is 4.05. The second-order valence-electron chi connectivity index (χ2n) is 6.14. The molecule has 2 fully saturated rings. The van der Waals surface area contributed by atoms with Crippen molar-refractivity contribution < 1.29 is 9.47 Å². The summed E-state index contributed by atoms with van der Waals surface area (Å²) in [5.74, 6) is 0.573. The summed E-state index contributed by atoms with van der Waals surface area (Å²) in [6, 6.07) is 9.45. The lowest BCUT2D eigenvalue weighted by atomic mass is 10.1. The van der Waals surface area contributed by atoms with E-state index < -0.39 is 0 Å². The summed E-state index contributed by atoms with van der Waals surface area (Å²) in [6.07, 6.45) is 3.93. The van der Waals surface area contributed by atoms with Crippen LogP contribution < -0.4 is 5.32 Å². The molecule has 3 rings (SSSR count). The molecule has 1 saturated heterocycles. The molecule has 0 aromatic heterocycles. The van der Waals surface area contributed by atoms with Gasteiger partial charge in [0.25, 0.3) is 0 Å². The van der Waals surface area contributed by atoms with Gasteiger partial charge < -0.3 is 14.8 Å². The Bertz CT molecular complexity index is 408. The monoisotopic (exact) mass is 275 g/mol. The van der Waals surface area contributed by atoms with Crippen LogP contribution in [0, 0.1) is 12.8 Å². The van der Waals surface area contributed by atoms with Gasteiger partial charge in [-0.3, -0.25) is 0 Å². The normalized spacial score (nSPS) is 23.9. The number of benzene rings is 1. The van der Waals surface area contributed by atoms with Crippen LogP contribution in [-0.4, -0.2) is 32.4 Å². The van der Waals surface area contributed by atoms with Crippen molar-refractivity contribution >= 4 is 0 Å². The summed E-state index contributed by atoms with van der Waals surface area (Å²) in [5.41, 5.74) is 2.58. The van der Waals surface area contributed by atoms with Crippen LogP contribution in [0.4, 0.5) is 0 Å². The van der Waals surface area contributed by atoms with Crippen molar-refractivity contribution in [2.45, 2.75) is 38.3 Å². The smallest absolute Gasteiger partial charge is 0.0949 e. The van der Waals surface area contributed by atoms with Gasteiger partial charge in [0.05, 0.1) is 19.3 Å². The summed E-state index contributed by atoms with van der Waals surface area (Å²) in [7, 11) is 0. The Morgan fingerprint density at radius 1 is 1.25 bits per heavy atom. The zero-order valence-corrected chi connectivity index (χ0v) is 12.3. The molecular formula is C17H25NO2. The Kier molecular flexibility index (Phi) is 4.71. The van der Waals surface area contributed by atoms with Gasteiger partial charge in [0.2, 0.25) is 0 Å². The summed E-state index contributed by atoms with van der Waals surface area (Å²) in [6.45, 7) is 5.60. The Balaban J connectivity index is 1.57. The topological polar surface area (TPSA) is 30.5 Å². The molecule has 2 unspecified atom stereocenters. The molecule has 20 heavy (non-hydrogen) atoms. The minimum absolute atomic E-state index is 0.164. The average molecular weight is 275 g/mol. The highest BCUT2D eigenvalue weighted by atomic mass is 16.5. The molecule has 0 amide bonds. The van der Waals surface area contributed by atoms with E-state index in [9.17, 15) is 0 Å². The quantitative estimate of drug-likeness (QED) is 0.830. The molecule has 3 heteroatoms. The fraction of sp³-hybridized carbons (Fsp3) is 0.647. The summed E-state index contributed by atoms with van der Waals surface area (Å²) in [5, 5.41) is 3.59. The van der Waals surface area contributed by atoms with Gasteiger partial charge in [0.15, 0.2) is 0 Å². The first-order valence-electron chi connectivity index (χ1n) is 7.80. The van der Waals surface area contributed by atoms with E-state index in [0.29, 0.717) is 5.92 Å². The molecule has 0 bridgehead atoms. The van der Waals surface area contributed by atoms with E-state index in [1.807, 2.05) is 0 Å². The Labute approximate surface area is 121 Å². The van der Waals surface area contributed by atoms with Crippen molar-refractivity contribution in [3.8, 4) is 0 Å². The van der Waals surface area contributed by atoms with Crippen LogP contribution in [0.1, 0.15) is 36.5 Å². The van der Waals surface area contributed by atoms with E-state index in [1.54, 1.807) is 0 Å². The third-order valence-electron chi connectivity index (χ3n) is 4.18. The van der Waals surface area contributed by atoms with E-state index in [2.05, 4.69) is 36.5 Å². The van der Waals surface area contributed by atoms with Gasteiger partial charge in [-0.05, 0) is 31.7 Å². The van der Waals surface area contributed by atoms with E-state index >= 15 is 0 Å². The van der Waals surface area contributed by atoms with Gasteiger partial charge in [-0.15, -0.1) is 0 Å². The zero-order valence-electron chi connectivity index (χ0n) is 12.3. The maximum atomic E-state index is 6.19. The highest BCUT2D eigenvalue weighted by Crippen LogP contribution is 2.24. The van der Waals surface area contributed by atoms with E-state index in [1.165, 1.54) is 24.0 Å². The summed E-state index contributed by atoms with van der Waals surface area (Å²) in [4.78, 5) is 0. The van der Waals surface area contributed by atoms with Gasteiger partial charge in [-0.25, -0.2) is 0 Å². The summed E-state index contributed by atoms with van der Waals surface area (Å²) < 4.78 is 11.6. The van der Waals surface area contributed by atoms with Gasteiger partial charge >= 0.3 is 0 Å². The summed E-state index contributed by atoms with van der Waals surface area (Å²) >= 11 is 0. The second-order valence-corrected chi connectivity index (χ2v) is 6.14. The Morgan fingerprint density at radius 2 is 2.05 bits per heavy atom. The van der Waals surface area contributed by atoms with Crippen LogP contribution in [-0.2, 0) is 9.47 Å². The molecule has 3 nitrogen and oxygen atoms in total. The van der Waals surface area contributed by atoms with E-state index in [-0.39, 0.29) is 6.10 Å². The fourth-order valence-corrected chi connectivity index (χ4v) is 2.58. The lowest BCUT2D eigenvalue weighted by molar-refractivity contribution is 0.0252. The number of rotatable bonds is 7. The first kappa shape index (κ1) is 14.1. The molecule has 1 heterocycles. The molecule has 2 atom stereocenters. The molecule has 1 N–H and O–H groups in total. The molecule has 110 valence electrons. The number of hydrogen-bond donors (Lipinski definition) is 1. The molecule has 0 radical (unpaired) electrons. The van der Waals surface area contributed by atoms with Crippen molar-refractivity contribution in [1.82, 2.24) is 5.32 Å². The fourth-order valence-electron chi connectivity index (χ4n) is 2.58. The van der Waals surface area contributed by atoms with Crippen LogP contribution in [0.3, 0.4) is 0 Å². The largest absolute Gasteiger partial charge is 0.381 e. The van der Waals surface area contributed by atoms with E-state index in [4.69, 9.17) is 9.47 Å². The number of ether oxygens (including phenoxy) is 2. The van der Waals surface area contributed by atoms with Crippen molar-refractivity contribution in [3.05, 3.63) is 35.4 Å². The second kappa shape index (κ2) is 6.70. The zero-order chi connectivity index (χ0) is 13.8. The molecule has 1 aliphatic carbocycles. The average Bonchev–Trinajstić information content (AvgIpc) is 3.14. The highest BCUT2D eigenvalue weighted by molar-refractivity contribution is 5.23. The number of hydrogen-bond acceptors (Lipinski definition) is 3. The van der Waals surface area contributed by atoms with Crippen LogP contribution in [0.2, 0.25) is 0 Å². The van der Waals surface area contributed by atoms with Crippen molar-refractivity contribution in [1.29, 1.82) is 0 Å². The third-order valence-corrected chi connectivity index (χ3v) is 4.18. The minimum Gasteiger partial charge on any atom is -0.381 e. The lowest BCUT2D eigenvalue weighted by Crippen LogP contribution is -2.26.